The van der Waals surface area contributed by atoms with Gasteiger partial charge in [0.05, 0.1) is 11.4 Å². The van der Waals surface area contributed by atoms with Gasteiger partial charge in [0, 0.05) is 32.1 Å². The summed E-state index contributed by atoms with van der Waals surface area (Å²) < 4.78 is 32.7. The highest BCUT2D eigenvalue weighted by Gasteiger charge is 2.38. The molecule has 2 aliphatic rings. The lowest BCUT2D eigenvalue weighted by atomic mass is 10.1. The van der Waals surface area contributed by atoms with Crippen molar-refractivity contribution < 1.29 is 22.4 Å². The number of furan rings is 1. The first-order chi connectivity index (χ1) is 14.3. The SMILES string of the molecule is CC(=O)N1c2ccc(S(=O)(=O)N3CCCC3)cc2CC1C(=O)NCc1ccc(C)o1. The van der Waals surface area contributed by atoms with Crippen LogP contribution in [0.4, 0.5) is 5.69 Å². The van der Waals surface area contributed by atoms with E-state index in [1.165, 1.54) is 22.2 Å². The summed E-state index contributed by atoms with van der Waals surface area (Å²) in [6.45, 7) is 4.50. The molecule has 1 aromatic carbocycles. The van der Waals surface area contributed by atoms with E-state index in [-0.39, 0.29) is 29.7 Å². The Kier molecular flexibility index (Phi) is 5.42. The fourth-order valence-electron chi connectivity index (χ4n) is 4.14. The van der Waals surface area contributed by atoms with Gasteiger partial charge in [-0.1, -0.05) is 0 Å². The van der Waals surface area contributed by atoms with E-state index in [4.69, 9.17) is 4.42 Å². The van der Waals surface area contributed by atoms with Gasteiger partial charge in [-0.25, -0.2) is 8.42 Å². The number of hydrogen-bond acceptors (Lipinski definition) is 5. The summed E-state index contributed by atoms with van der Waals surface area (Å²) in [6, 6.07) is 7.63. The normalized spacial score (nSPS) is 19.1. The number of nitrogens with one attached hydrogen (secondary N) is 1. The molecule has 160 valence electrons. The van der Waals surface area contributed by atoms with Crippen LogP contribution in [0.15, 0.2) is 39.6 Å². The number of hydrogen-bond donors (Lipinski definition) is 1. The van der Waals surface area contributed by atoms with Gasteiger partial charge in [-0.05, 0) is 55.7 Å². The lowest BCUT2D eigenvalue weighted by molar-refractivity contribution is -0.125. The first-order valence-corrected chi connectivity index (χ1v) is 11.5. The number of aryl methyl sites for hydroxylation is 1. The van der Waals surface area contributed by atoms with Crippen LogP contribution in [0.3, 0.4) is 0 Å². The van der Waals surface area contributed by atoms with Gasteiger partial charge in [-0.2, -0.15) is 4.31 Å². The molecule has 1 aromatic heterocycles. The molecule has 3 heterocycles. The summed E-state index contributed by atoms with van der Waals surface area (Å²) in [5, 5.41) is 2.81. The number of carbonyl (C=O) groups is 2. The Bertz CT molecular complexity index is 1090. The summed E-state index contributed by atoms with van der Waals surface area (Å²) >= 11 is 0. The topological polar surface area (TPSA) is 99.9 Å². The molecule has 0 aliphatic carbocycles. The van der Waals surface area contributed by atoms with Gasteiger partial charge in [-0.15, -0.1) is 0 Å². The Morgan fingerprint density at radius 1 is 1.17 bits per heavy atom. The zero-order chi connectivity index (χ0) is 21.5. The first-order valence-electron chi connectivity index (χ1n) is 10.0. The standard InChI is InChI=1S/C21H25N3O5S/c1-14-5-6-17(29-14)13-22-21(26)20-12-16-11-18(7-8-19(16)24(20)15(2)25)30(27,28)23-9-3-4-10-23/h5-8,11,20H,3-4,9-10,12-13H2,1-2H3,(H,22,26). The molecular weight excluding hydrogens is 406 g/mol. The molecule has 0 radical (unpaired) electrons. The second-order valence-electron chi connectivity index (χ2n) is 7.74. The Morgan fingerprint density at radius 2 is 1.90 bits per heavy atom. The molecule has 0 spiro atoms. The predicted octanol–water partition coefficient (Wildman–Crippen LogP) is 1.97. The highest BCUT2D eigenvalue weighted by molar-refractivity contribution is 7.89. The number of amides is 2. The van der Waals surface area contributed by atoms with Crippen LogP contribution in [0.1, 0.15) is 36.8 Å². The fraction of sp³-hybridized carbons (Fsp3) is 0.429. The van der Waals surface area contributed by atoms with Crippen LogP contribution >= 0.6 is 0 Å². The Morgan fingerprint density at radius 3 is 2.53 bits per heavy atom. The van der Waals surface area contributed by atoms with Crippen molar-refractivity contribution in [3.05, 3.63) is 47.4 Å². The Labute approximate surface area is 175 Å². The highest BCUT2D eigenvalue weighted by Crippen LogP contribution is 2.35. The number of sulfonamides is 1. The molecule has 4 rings (SSSR count). The fourth-order valence-corrected chi connectivity index (χ4v) is 5.71. The van der Waals surface area contributed by atoms with E-state index < -0.39 is 16.1 Å². The van der Waals surface area contributed by atoms with Gasteiger partial charge in [0.1, 0.15) is 17.6 Å². The second-order valence-corrected chi connectivity index (χ2v) is 9.68. The summed E-state index contributed by atoms with van der Waals surface area (Å²) in [7, 11) is -3.56. The largest absolute Gasteiger partial charge is 0.465 e. The molecule has 1 unspecified atom stereocenters. The molecule has 2 aliphatic heterocycles. The lowest BCUT2D eigenvalue weighted by Gasteiger charge is -2.23. The van der Waals surface area contributed by atoms with Crippen molar-refractivity contribution in [2.24, 2.45) is 0 Å². The summed E-state index contributed by atoms with van der Waals surface area (Å²) in [5.74, 6) is 0.812. The maximum Gasteiger partial charge on any atom is 0.243 e. The molecule has 1 atom stereocenters. The van der Waals surface area contributed by atoms with Gasteiger partial charge in [0.2, 0.25) is 21.8 Å². The quantitative estimate of drug-likeness (QED) is 0.780. The number of rotatable bonds is 5. The average molecular weight is 432 g/mol. The number of anilines is 1. The number of benzene rings is 1. The molecule has 8 nitrogen and oxygen atoms in total. The van der Waals surface area contributed by atoms with Crippen LogP contribution in [0.5, 0.6) is 0 Å². The molecule has 1 fully saturated rings. The van der Waals surface area contributed by atoms with Gasteiger partial charge in [-0.3, -0.25) is 14.5 Å². The molecule has 1 N–H and O–H groups in total. The van der Waals surface area contributed by atoms with Crippen molar-refractivity contribution >= 4 is 27.5 Å². The van der Waals surface area contributed by atoms with E-state index >= 15 is 0 Å². The van der Waals surface area contributed by atoms with Gasteiger partial charge < -0.3 is 9.73 Å². The van der Waals surface area contributed by atoms with Crippen molar-refractivity contribution in [2.75, 3.05) is 18.0 Å². The molecule has 1 saturated heterocycles. The van der Waals surface area contributed by atoms with Gasteiger partial charge in [0.25, 0.3) is 0 Å². The van der Waals surface area contributed by atoms with Crippen molar-refractivity contribution in [1.29, 1.82) is 0 Å². The molecule has 2 aromatic rings. The minimum Gasteiger partial charge on any atom is -0.465 e. The maximum absolute atomic E-state index is 12.9. The van der Waals surface area contributed by atoms with Crippen LogP contribution in [-0.4, -0.2) is 43.7 Å². The van der Waals surface area contributed by atoms with Crippen molar-refractivity contribution in [3.8, 4) is 0 Å². The third kappa shape index (κ3) is 3.75. The van der Waals surface area contributed by atoms with Crippen LogP contribution in [-0.2, 0) is 32.6 Å². The highest BCUT2D eigenvalue weighted by atomic mass is 32.2. The van der Waals surface area contributed by atoms with Crippen LogP contribution < -0.4 is 10.2 Å². The predicted molar refractivity (Wildman–Crippen MR) is 110 cm³/mol. The van der Waals surface area contributed by atoms with Crippen LogP contribution in [0.2, 0.25) is 0 Å². The van der Waals surface area contributed by atoms with E-state index in [0.29, 0.717) is 30.1 Å². The maximum atomic E-state index is 12.9. The minimum absolute atomic E-state index is 0.207. The summed E-state index contributed by atoms with van der Waals surface area (Å²) in [6.07, 6.45) is 1.99. The lowest BCUT2D eigenvalue weighted by Crippen LogP contribution is -2.47. The van der Waals surface area contributed by atoms with E-state index in [1.807, 2.05) is 13.0 Å². The van der Waals surface area contributed by atoms with E-state index in [2.05, 4.69) is 5.32 Å². The zero-order valence-electron chi connectivity index (χ0n) is 17.1. The van der Waals surface area contributed by atoms with Crippen LogP contribution in [0, 0.1) is 6.92 Å². The minimum atomic E-state index is -3.56. The Balaban J connectivity index is 1.56. The molecule has 9 heteroatoms. The first kappa shape index (κ1) is 20.6. The summed E-state index contributed by atoms with van der Waals surface area (Å²) in [5.41, 5.74) is 1.26. The van der Waals surface area contributed by atoms with E-state index in [1.54, 1.807) is 18.2 Å². The van der Waals surface area contributed by atoms with Gasteiger partial charge in [0.15, 0.2) is 0 Å². The second kappa shape index (κ2) is 7.88. The van der Waals surface area contributed by atoms with E-state index in [9.17, 15) is 18.0 Å². The average Bonchev–Trinajstić information content (AvgIpc) is 3.44. The van der Waals surface area contributed by atoms with Crippen molar-refractivity contribution in [2.45, 2.75) is 50.6 Å². The monoisotopic (exact) mass is 431 g/mol. The number of fused-ring (bicyclic) bond motifs is 1. The summed E-state index contributed by atoms with van der Waals surface area (Å²) in [4.78, 5) is 26.8. The van der Waals surface area contributed by atoms with Gasteiger partial charge >= 0.3 is 0 Å². The van der Waals surface area contributed by atoms with Crippen molar-refractivity contribution in [3.63, 3.8) is 0 Å². The Hall–Kier alpha value is -2.65. The third-order valence-corrected chi connectivity index (χ3v) is 7.51. The molecule has 0 saturated carbocycles. The molecule has 2 amide bonds. The smallest absolute Gasteiger partial charge is 0.243 e. The molecule has 30 heavy (non-hydrogen) atoms. The zero-order valence-corrected chi connectivity index (χ0v) is 17.9. The number of carbonyl (C=O) groups excluding carboxylic acids is 2. The van der Waals surface area contributed by atoms with E-state index in [0.717, 1.165) is 18.6 Å². The third-order valence-electron chi connectivity index (χ3n) is 5.61. The molecule has 0 bridgehead atoms. The van der Waals surface area contributed by atoms with Crippen LogP contribution in [0.25, 0.3) is 0 Å². The van der Waals surface area contributed by atoms with Crippen molar-refractivity contribution in [1.82, 2.24) is 9.62 Å². The number of nitrogens with zero attached hydrogens (tertiary/aromatic N) is 2. The molecular formula is C21H25N3O5S.